The SMILES string of the molecule is CCCCNC(=O)[C@H](C)N(Cc1ccccc1)C(=O)COc1ccc(C)c(C)c1. The van der Waals surface area contributed by atoms with Gasteiger partial charge in [0, 0.05) is 13.1 Å². The van der Waals surface area contributed by atoms with E-state index in [0.29, 0.717) is 18.8 Å². The van der Waals surface area contributed by atoms with Gasteiger partial charge in [-0.15, -0.1) is 0 Å². The molecule has 0 aliphatic heterocycles. The summed E-state index contributed by atoms with van der Waals surface area (Å²) in [6, 6.07) is 14.9. The molecular formula is C24H32N2O3. The second-order valence-corrected chi connectivity index (χ2v) is 7.36. The number of unbranched alkanes of at least 4 members (excludes halogenated alkanes) is 1. The first kappa shape index (κ1) is 22.5. The molecule has 0 unspecified atom stereocenters. The number of carbonyl (C=O) groups excluding carboxylic acids is 2. The largest absolute Gasteiger partial charge is 0.484 e. The first-order valence-corrected chi connectivity index (χ1v) is 10.2. The van der Waals surface area contributed by atoms with Gasteiger partial charge < -0.3 is 15.0 Å². The third kappa shape index (κ3) is 6.93. The molecule has 1 N–H and O–H groups in total. The topological polar surface area (TPSA) is 58.6 Å². The maximum atomic E-state index is 13.0. The fourth-order valence-corrected chi connectivity index (χ4v) is 2.93. The number of ether oxygens (including phenoxy) is 1. The quantitative estimate of drug-likeness (QED) is 0.617. The van der Waals surface area contributed by atoms with Crippen LogP contribution in [0, 0.1) is 13.8 Å². The molecule has 2 aromatic rings. The van der Waals surface area contributed by atoms with Gasteiger partial charge in [-0.05, 0) is 56.0 Å². The van der Waals surface area contributed by atoms with Gasteiger partial charge in [0.15, 0.2) is 6.61 Å². The number of aryl methyl sites for hydroxylation is 2. The predicted molar refractivity (Wildman–Crippen MR) is 116 cm³/mol. The molecule has 5 nitrogen and oxygen atoms in total. The van der Waals surface area contributed by atoms with Gasteiger partial charge in [-0.2, -0.15) is 0 Å². The van der Waals surface area contributed by atoms with E-state index in [9.17, 15) is 9.59 Å². The second-order valence-electron chi connectivity index (χ2n) is 7.36. The number of carbonyl (C=O) groups is 2. The molecule has 0 saturated carbocycles. The Morgan fingerprint density at radius 2 is 1.79 bits per heavy atom. The Morgan fingerprint density at radius 1 is 1.07 bits per heavy atom. The van der Waals surface area contributed by atoms with Crippen LogP contribution in [0.1, 0.15) is 43.4 Å². The molecule has 29 heavy (non-hydrogen) atoms. The van der Waals surface area contributed by atoms with Crippen molar-refractivity contribution < 1.29 is 14.3 Å². The van der Waals surface area contributed by atoms with E-state index in [0.717, 1.165) is 24.0 Å². The highest BCUT2D eigenvalue weighted by Gasteiger charge is 2.26. The van der Waals surface area contributed by atoms with Gasteiger partial charge in [0.1, 0.15) is 11.8 Å². The summed E-state index contributed by atoms with van der Waals surface area (Å²) >= 11 is 0. The van der Waals surface area contributed by atoms with Crippen molar-refractivity contribution in [2.24, 2.45) is 0 Å². The van der Waals surface area contributed by atoms with Crippen molar-refractivity contribution in [2.75, 3.05) is 13.2 Å². The van der Waals surface area contributed by atoms with Crippen LogP contribution < -0.4 is 10.1 Å². The van der Waals surface area contributed by atoms with Crippen LogP contribution in [0.2, 0.25) is 0 Å². The van der Waals surface area contributed by atoms with Crippen molar-refractivity contribution >= 4 is 11.8 Å². The Morgan fingerprint density at radius 3 is 2.45 bits per heavy atom. The van der Waals surface area contributed by atoms with Crippen LogP contribution in [0.15, 0.2) is 48.5 Å². The lowest BCUT2D eigenvalue weighted by Crippen LogP contribution is -2.49. The van der Waals surface area contributed by atoms with Crippen molar-refractivity contribution in [1.29, 1.82) is 0 Å². The summed E-state index contributed by atoms with van der Waals surface area (Å²) < 4.78 is 5.73. The minimum Gasteiger partial charge on any atom is -0.484 e. The number of rotatable bonds is 10. The highest BCUT2D eigenvalue weighted by atomic mass is 16.5. The summed E-state index contributed by atoms with van der Waals surface area (Å²) in [6.07, 6.45) is 1.92. The van der Waals surface area contributed by atoms with Crippen molar-refractivity contribution in [3.05, 3.63) is 65.2 Å². The van der Waals surface area contributed by atoms with Crippen molar-refractivity contribution in [3.8, 4) is 5.75 Å². The smallest absolute Gasteiger partial charge is 0.261 e. The average Bonchev–Trinajstić information content (AvgIpc) is 2.73. The van der Waals surface area contributed by atoms with Crippen LogP contribution >= 0.6 is 0 Å². The van der Waals surface area contributed by atoms with E-state index in [1.54, 1.807) is 11.8 Å². The number of nitrogens with zero attached hydrogens (tertiary/aromatic N) is 1. The average molecular weight is 397 g/mol. The molecule has 0 bridgehead atoms. The number of nitrogens with one attached hydrogen (secondary N) is 1. The second kappa shape index (κ2) is 11.2. The zero-order chi connectivity index (χ0) is 21.2. The maximum Gasteiger partial charge on any atom is 0.261 e. The molecule has 2 rings (SSSR count). The molecule has 0 aliphatic rings. The number of amides is 2. The normalized spacial score (nSPS) is 11.6. The Bertz CT molecular complexity index is 805. The Hall–Kier alpha value is -2.82. The van der Waals surface area contributed by atoms with Crippen LogP contribution in [0.5, 0.6) is 5.75 Å². The van der Waals surface area contributed by atoms with Gasteiger partial charge in [0.2, 0.25) is 5.91 Å². The third-order valence-corrected chi connectivity index (χ3v) is 5.03. The van der Waals surface area contributed by atoms with Crippen LogP contribution in [0.25, 0.3) is 0 Å². The van der Waals surface area contributed by atoms with Gasteiger partial charge in [-0.3, -0.25) is 9.59 Å². The lowest BCUT2D eigenvalue weighted by molar-refractivity contribution is -0.142. The molecule has 5 heteroatoms. The molecule has 2 aromatic carbocycles. The minimum absolute atomic E-state index is 0.109. The number of hydrogen-bond donors (Lipinski definition) is 1. The van der Waals surface area contributed by atoms with Crippen LogP contribution in [0.3, 0.4) is 0 Å². The van der Waals surface area contributed by atoms with Crippen LogP contribution in [-0.4, -0.2) is 35.9 Å². The van der Waals surface area contributed by atoms with E-state index in [2.05, 4.69) is 12.2 Å². The molecule has 2 amide bonds. The van der Waals surface area contributed by atoms with E-state index in [1.165, 1.54) is 5.56 Å². The summed E-state index contributed by atoms with van der Waals surface area (Å²) in [5.41, 5.74) is 3.26. The summed E-state index contributed by atoms with van der Waals surface area (Å²) in [5.74, 6) is 0.292. The fraction of sp³-hybridized carbons (Fsp3) is 0.417. The number of hydrogen-bond acceptors (Lipinski definition) is 3. The van der Waals surface area contributed by atoms with Crippen LogP contribution in [-0.2, 0) is 16.1 Å². The van der Waals surface area contributed by atoms with Gasteiger partial charge in [0.05, 0.1) is 0 Å². The maximum absolute atomic E-state index is 13.0. The van der Waals surface area contributed by atoms with Gasteiger partial charge >= 0.3 is 0 Å². The monoisotopic (exact) mass is 396 g/mol. The van der Waals surface area contributed by atoms with Crippen LogP contribution in [0.4, 0.5) is 0 Å². The summed E-state index contributed by atoms with van der Waals surface area (Å²) in [7, 11) is 0. The van der Waals surface area contributed by atoms with Gasteiger partial charge in [-0.1, -0.05) is 49.7 Å². The molecule has 0 radical (unpaired) electrons. The summed E-state index contributed by atoms with van der Waals surface area (Å²) in [6.45, 7) is 8.74. The molecule has 1 atom stereocenters. The molecule has 0 heterocycles. The minimum atomic E-state index is -0.581. The predicted octanol–water partition coefficient (Wildman–Crippen LogP) is 4.02. The molecule has 156 valence electrons. The van der Waals surface area contributed by atoms with Gasteiger partial charge in [0.25, 0.3) is 5.91 Å². The van der Waals surface area contributed by atoms with Crippen molar-refractivity contribution in [2.45, 2.75) is 53.1 Å². The third-order valence-electron chi connectivity index (χ3n) is 5.03. The highest BCUT2D eigenvalue weighted by molar-refractivity contribution is 5.87. The Kier molecular flexibility index (Phi) is 8.71. The lowest BCUT2D eigenvalue weighted by atomic mass is 10.1. The summed E-state index contributed by atoms with van der Waals surface area (Å²) in [5, 5.41) is 2.92. The molecule has 0 spiro atoms. The van der Waals surface area contributed by atoms with Crippen molar-refractivity contribution in [3.63, 3.8) is 0 Å². The zero-order valence-electron chi connectivity index (χ0n) is 17.9. The molecule has 0 aromatic heterocycles. The first-order chi connectivity index (χ1) is 13.9. The van der Waals surface area contributed by atoms with Gasteiger partial charge in [-0.25, -0.2) is 0 Å². The molecule has 0 saturated heterocycles. The van der Waals surface area contributed by atoms with E-state index < -0.39 is 6.04 Å². The zero-order valence-corrected chi connectivity index (χ0v) is 17.9. The highest BCUT2D eigenvalue weighted by Crippen LogP contribution is 2.17. The van der Waals surface area contributed by atoms with E-state index in [4.69, 9.17) is 4.74 Å². The molecule has 0 fully saturated rings. The number of benzene rings is 2. The Labute approximate surface area is 174 Å². The first-order valence-electron chi connectivity index (χ1n) is 10.2. The van der Waals surface area contributed by atoms with E-state index in [-0.39, 0.29) is 18.4 Å². The molecule has 0 aliphatic carbocycles. The van der Waals surface area contributed by atoms with E-state index in [1.807, 2.05) is 62.4 Å². The van der Waals surface area contributed by atoms with Crippen molar-refractivity contribution in [1.82, 2.24) is 10.2 Å². The standard InChI is InChI=1S/C24H32N2O3/c1-5-6-14-25-24(28)20(4)26(16-21-10-8-7-9-11-21)23(27)17-29-22-13-12-18(2)19(3)15-22/h7-13,15,20H,5-6,14,16-17H2,1-4H3,(H,25,28)/t20-/m0/s1. The lowest BCUT2D eigenvalue weighted by Gasteiger charge is -2.28. The fourth-order valence-electron chi connectivity index (χ4n) is 2.93. The summed E-state index contributed by atoms with van der Waals surface area (Å²) in [4.78, 5) is 27.1. The Balaban J connectivity index is 2.08. The molecular weight excluding hydrogens is 364 g/mol. The van der Waals surface area contributed by atoms with E-state index >= 15 is 0 Å².